The van der Waals surface area contributed by atoms with Gasteiger partial charge in [0.25, 0.3) is 0 Å². The minimum absolute atomic E-state index is 0.0520. The van der Waals surface area contributed by atoms with Gasteiger partial charge in [-0.2, -0.15) is 5.10 Å². The molecule has 1 N–H and O–H groups in total. The third-order valence-corrected chi connectivity index (χ3v) is 7.16. The first-order valence-corrected chi connectivity index (χ1v) is 11.1. The summed E-state index contributed by atoms with van der Waals surface area (Å²) in [4.78, 5) is 0. The van der Waals surface area contributed by atoms with E-state index in [4.69, 9.17) is 0 Å². The molecule has 1 heterocycles. The molecular formula is C22H25N3O2S. The van der Waals surface area contributed by atoms with E-state index in [1.165, 1.54) is 22.3 Å². The summed E-state index contributed by atoms with van der Waals surface area (Å²) >= 11 is 0. The van der Waals surface area contributed by atoms with E-state index in [1.54, 1.807) is 20.0 Å². The fraction of sp³-hybridized carbons (Fsp3) is 0.318. The fourth-order valence-electron chi connectivity index (χ4n) is 3.68. The van der Waals surface area contributed by atoms with Gasteiger partial charge in [-0.15, -0.1) is 0 Å². The van der Waals surface area contributed by atoms with E-state index in [0.29, 0.717) is 0 Å². The molecule has 0 saturated heterocycles. The highest BCUT2D eigenvalue weighted by molar-refractivity contribution is 7.90. The molecule has 0 saturated carbocycles. The van der Waals surface area contributed by atoms with Crippen LogP contribution in [-0.4, -0.2) is 29.5 Å². The van der Waals surface area contributed by atoms with Crippen molar-refractivity contribution in [3.05, 3.63) is 77.6 Å². The molecule has 1 atom stereocenters. The number of nitrogens with one attached hydrogen (secondary N) is 1. The van der Waals surface area contributed by atoms with Crippen molar-refractivity contribution < 1.29 is 8.42 Å². The highest BCUT2D eigenvalue weighted by Gasteiger charge is 2.27. The Morgan fingerprint density at radius 1 is 1.07 bits per heavy atom. The van der Waals surface area contributed by atoms with Crippen LogP contribution in [0, 0.1) is 0 Å². The molecular weight excluding hydrogens is 370 g/mol. The van der Waals surface area contributed by atoms with Crippen LogP contribution in [0.5, 0.6) is 0 Å². The Hall–Kier alpha value is -2.44. The minimum Gasteiger partial charge on any atom is -0.268 e. The van der Waals surface area contributed by atoms with Gasteiger partial charge in [-0.3, -0.25) is 4.68 Å². The Morgan fingerprint density at radius 2 is 1.86 bits per heavy atom. The quantitative estimate of drug-likeness (QED) is 0.696. The second-order valence-corrected chi connectivity index (χ2v) is 9.97. The van der Waals surface area contributed by atoms with Gasteiger partial charge in [0.2, 0.25) is 10.0 Å². The predicted molar refractivity (Wildman–Crippen MR) is 112 cm³/mol. The minimum atomic E-state index is -3.25. The number of rotatable bonds is 6. The summed E-state index contributed by atoms with van der Waals surface area (Å²) in [6.07, 6.45) is 5.23. The summed E-state index contributed by atoms with van der Waals surface area (Å²) in [5.74, 6) is 0. The third kappa shape index (κ3) is 4.03. The first-order chi connectivity index (χ1) is 13.4. The number of hydrogen-bond acceptors (Lipinski definition) is 3. The van der Waals surface area contributed by atoms with E-state index in [1.807, 2.05) is 16.9 Å². The average molecular weight is 396 g/mol. The number of nitrogens with zero attached hydrogens (tertiary/aromatic N) is 2. The summed E-state index contributed by atoms with van der Waals surface area (Å²) in [5.41, 5.74) is 5.98. The van der Waals surface area contributed by atoms with Crippen molar-refractivity contribution in [3.8, 4) is 11.1 Å². The van der Waals surface area contributed by atoms with Crippen molar-refractivity contribution in [2.45, 2.75) is 44.5 Å². The largest absolute Gasteiger partial charge is 0.268 e. The van der Waals surface area contributed by atoms with Gasteiger partial charge in [0.05, 0.1) is 11.8 Å². The van der Waals surface area contributed by atoms with E-state index in [0.717, 1.165) is 24.9 Å². The molecule has 1 aliphatic carbocycles. The lowest BCUT2D eigenvalue weighted by molar-refractivity contribution is 0.547. The third-order valence-electron chi connectivity index (χ3n) is 5.25. The van der Waals surface area contributed by atoms with Gasteiger partial charge in [-0.25, -0.2) is 13.1 Å². The number of hydrogen-bond donors (Lipinski definition) is 1. The average Bonchev–Trinajstić information content (AvgIpc) is 3.29. The zero-order valence-corrected chi connectivity index (χ0v) is 17.0. The molecule has 0 aliphatic heterocycles. The van der Waals surface area contributed by atoms with Gasteiger partial charge < -0.3 is 0 Å². The van der Waals surface area contributed by atoms with Crippen molar-refractivity contribution in [3.63, 3.8) is 0 Å². The lowest BCUT2D eigenvalue weighted by Gasteiger charge is -2.14. The first-order valence-electron chi connectivity index (χ1n) is 9.60. The van der Waals surface area contributed by atoms with Crippen molar-refractivity contribution in [1.82, 2.24) is 14.5 Å². The van der Waals surface area contributed by atoms with Crippen molar-refractivity contribution in [2.24, 2.45) is 0 Å². The molecule has 2 aromatic carbocycles. The zero-order valence-electron chi connectivity index (χ0n) is 16.2. The van der Waals surface area contributed by atoms with Gasteiger partial charge in [-0.1, -0.05) is 36.4 Å². The van der Waals surface area contributed by atoms with Crippen LogP contribution in [0.3, 0.4) is 0 Å². The molecule has 6 heteroatoms. The van der Waals surface area contributed by atoms with Crippen LogP contribution in [-0.2, 0) is 29.4 Å². The second-order valence-electron chi connectivity index (χ2n) is 7.70. The summed E-state index contributed by atoms with van der Waals surface area (Å²) in [7, 11) is -3.25. The topological polar surface area (TPSA) is 64.0 Å². The van der Waals surface area contributed by atoms with Crippen LogP contribution in [0.4, 0.5) is 0 Å². The molecule has 0 amide bonds. The molecule has 5 nitrogen and oxygen atoms in total. The van der Waals surface area contributed by atoms with Crippen LogP contribution in [0.25, 0.3) is 11.1 Å². The maximum Gasteiger partial charge on any atom is 0.214 e. The lowest BCUT2D eigenvalue weighted by atomic mass is 9.99. The lowest BCUT2D eigenvalue weighted by Crippen LogP contribution is -2.39. The molecule has 0 spiro atoms. The molecule has 1 aliphatic rings. The van der Waals surface area contributed by atoms with Gasteiger partial charge in [0.15, 0.2) is 0 Å². The Morgan fingerprint density at radius 3 is 2.61 bits per heavy atom. The normalized spacial score (nSPS) is 16.5. The summed E-state index contributed by atoms with van der Waals surface area (Å²) in [5, 5.41) is 3.86. The van der Waals surface area contributed by atoms with E-state index < -0.39 is 15.3 Å². The van der Waals surface area contributed by atoms with Crippen LogP contribution in [0.1, 0.15) is 30.5 Å². The van der Waals surface area contributed by atoms with Gasteiger partial charge >= 0.3 is 0 Å². The molecule has 1 aromatic heterocycles. The molecule has 3 aromatic rings. The Kier molecular flexibility index (Phi) is 5.08. The Balaban J connectivity index is 1.53. The maximum absolute atomic E-state index is 12.2. The molecule has 0 bridgehead atoms. The number of aromatic nitrogens is 2. The van der Waals surface area contributed by atoms with Crippen molar-refractivity contribution in [2.75, 3.05) is 0 Å². The number of benzene rings is 2. The molecule has 4 rings (SSSR count). The Labute approximate surface area is 166 Å². The van der Waals surface area contributed by atoms with Crippen molar-refractivity contribution >= 4 is 10.0 Å². The standard InChI is InChI=1S/C22H25N3O2S/c1-16(2)28(26,27)24-22-13-20-8-7-19(12-21(20)14-22)18-6-3-5-17(11-18)15-25-10-4-9-23-25/h3-12,16,22,24H,13-15H2,1-2H3/t22-/m0/s1. The Bertz CT molecular complexity index is 1070. The monoisotopic (exact) mass is 395 g/mol. The van der Waals surface area contributed by atoms with Gasteiger partial charge in [0.1, 0.15) is 0 Å². The van der Waals surface area contributed by atoms with Crippen LogP contribution >= 0.6 is 0 Å². The van der Waals surface area contributed by atoms with Crippen LogP contribution in [0.15, 0.2) is 60.9 Å². The highest BCUT2D eigenvalue weighted by atomic mass is 32.2. The van der Waals surface area contributed by atoms with E-state index in [2.05, 4.69) is 52.3 Å². The number of sulfonamides is 1. The van der Waals surface area contributed by atoms with Gasteiger partial charge in [-0.05, 0) is 66.6 Å². The smallest absolute Gasteiger partial charge is 0.214 e. The van der Waals surface area contributed by atoms with Crippen LogP contribution < -0.4 is 4.72 Å². The second kappa shape index (κ2) is 7.53. The number of fused-ring (bicyclic) bond motifs is 1. The molecule has 0 unspecified atom stereocenters. The molecule has 146 valence electrons. The molecule has 28 heavy (non-hydrogen) atoms. The van der Waals surface area contributed by atoms with E-state index in [-0.39, 0.29) is 6.04 Å². The van der Waals surface area contributed by atoms with E-state index in [9.17, 15) is 8.42 Å². The van der Waals surface area contributed by atoms with Gasteiger partial charge in [0, 0.05) is 18.4 Å². The first kappa shape index (κ1) is 18.9. The zero-order chi connectivity index (χ0) is 19.7. The summed E-state index contributed by atoms with van der Waals surface area (Å²) in [6.45, 7) is 4.16. The van der Waals surface area contributed by atoms with E-state index >= 15 is 0 Å². The summed E-state index contributed by atoms with van der Waals surface area (Å²) in [6, 6.07) is 16.8. The van der Waals surface area contributed by atoms with Crippen LogP contribution in [0.2, 0.25) is 0 Å². The summed E-state index contributed by atoms with van der Waals surface area (Å²) < 4.78 is 29.1. The predicted octanol–water partition coefficient (Wildman–Crippen LogP) is 3.39. The molecule has 0 radical (unpaired) electrons. The fourth-order valence-corrected chi connectivity index (χ4v) is 4.58. The highest BCUT2D eigenvalue weighted by Crippen LogP contribution is 2.29. The molecule has 0 fully saturated rings. The SMILES string of the molecule is CC(C)S(=O)(=O)N[C@H]1Cc2ccc(-c3cccc(Cn4cccn4)c3)cc2C1. The maximum atomic E-state index is 12.2. The van der Waals surface area contributed by atoms with Crippen molar-refractivity contribution in [1.29, 1.82) is 0 Å².